The maximum Gasteiger partial charge on any atom is 0.198 e. The predicted molar refractivity (Wildman–Crippen MR) is 127 cm³/mol. The molecule has 0 atom stereocenters. The molecule has 1 nitrogen and oxygen atoms in total. The van der Waals surface area contributed by atoms with Crippen molar-refractivity contribution in [3.8, 4) is 0 Å². The quantitative estimate of drug-likeness (QED) is 0.213. The van der Waals surface area contributed by atoms with Crippen molar-refractivity contribution in [3.05, 3.63) is 52.0 Å². The van der Waals surface area contributed by atoms with Crippen molar-refractivity contribution in [2.75, 3.05) is 0 Å². The molecule has 2 aromatic carbocycles. The van der Waals surface area contributed by atoms with Crippen LogP contribution in [0.3, 0.4) is 0 Å². The van der Waals surface area contributed by atoms with Gasteiger partial charge in [0.05, 0.1) is 0 Å². The van der Waals surface area contributed by atoms with Gasteiger partial charge >= 0.3 is 0 Å². The number of aryl methyl sites for hydroxylation is 1. The van der Waals surface area contributed by atoms with Gasteiger partial charge in [-0.1, -0.05) is 63.8 Å². The molecule has 160 valence electrons. The fourth-order valence-corrected chi connectivity index (χ4v) is 5.37. The Bertz CT molecular complexity index is 1080. The van der Waals surface area contributed by atoms with Crippen molar-refractivity contribution in [3.63, 3.8) is 0 Å². The normalized spacial score (nSPS) is 19.6. The van der Waals surface area contributed by atoms with E-state index in [-0.39, 0.29) is 5.82 Å². The lowest BCUT2D eigenvalue weighted by molar-refractivity contribution is 0.319. The van der Waals surface area contributed by atoms with Gasteiger partial charge in [0.2, 0.25) is 0 Å². The fourth-order valence-electron chi connectivity index (χ4n) is 5.12. The van der Waals surface area contributed by atoms with E-state index < -0.39 is 0 Å². The number of hydrogen-bond acceptors (Lipinski definition) is 2. The molecule has 0 unspecified atom stereocenters. The van der Waals surface area contributed by atoms with Gasteiger partial charge in [-0.2, -0.15) is 0 Å². The van der Waals surface area contributed by atoms with Crippen LogP contribution in [0.1, 0.15) is 88.7 Å². The number of halogens is 1. The number of fused-ring (bicyclic) bond motifs is 3. The van der Waals surface area contributed by atoms with Crippen LogP contribution in [-0.4, -0.2) is 0 Å². The molecule has 1 aliphatic carbocycles. The SMILES string of the molecule is CCCCCCc1ccc2c(oc(=S)c3cc(C4CCC(CC)CC4)ccc32)c1F. The minimum atomic E-state index is -0.237. The average Bonchev–Trinajstić information content (AvgIpc) is 2.78. The number of hydrogen-bond donors (Lipinski definition) is 0. The van der Waals surface area contributed by atoms with Gasteiger partial charge in [-0.3, -0.25) is 0 Å². The first-order valence-corrected chi connectivity index (χ1v) is 12.2. The van der Waals surface area contributed by atoms with Crippen LogP contribution < -0.4 is 0 Å². The monoisotopic (exact) mass is 424 g/mol. The van der Waals surface area contributed by atoms with Crippen molar-refractivity contribution in [2.24, 2.45) is 5.92 Å². The number of rotatable bonds is 7. The molecule has 1 aromatic heterocycles. The van der Waals surface area contributed by atoms with Gasteiger partial charge in [-0.05, 0) is 85.2 Å². The maximum absolute atomic E-state index is 15.2. The molecule has 0 N–H and O–H groups in total. The summed E-state index contributed by atoms with van der Waals surface area (Å²) in [6.07, 6.45) is 11.7. The van der Waals surface area contributed by atoms with Crippen molar-refractivity contribution < 1.29 is 8.81 Å². The average molecular weight is 425 g/mol. The molecule has 0 aliphatic heterocycles. The first kappa shape index (κ1) is 21.5. The third kappa shape index (κ3) is 4.32. The van der Waals surface area contributed by atoms with Crippen LogP contribution in [0, 0.1) is 16.4 Å². The third-order valence-electron chi connectivity index (χ3n) is 7.12. The van der Waals surface area contributed by atoms with Gasteiger partial charge in [0, 0.05) is 10.8 Å². The lowest BCUT2D eigenvalue weighted by Gasteiger charge is -2.28. The zero-order valence-electron chi connectivity index (χ0n) is 18.3. The van der Waals surface area contributed by atoms with Crippen LogP contribution in [0.2, 0.25) is 0 Å². The Hall–Kier alpha value is -1.74. The summed E-state index contributed by atoms with van der Waals surface area (Å²) in [5, 5.41) is 2.78. The van der Waals surface area contributed by atoms with Gasteiger partial charge in [0.25, 0.3) is 0 Å². The van der Waals surface area contributed by atoms with Crippen molar-refractivity contribution in [1.82, 2.24) is 0 Å². The van der Waals surface area contributed by atoms with Crippen molar-refractivity contribution >= 4 is 34.0 Å². The molecule has 1 saturated carbocycles. The highest BCUT2D eigenvalue weighted by molar-refractivity contribution is 7.71. The summed E-state index contributed by atoms with van der Waals surface area (Å²) >= 11 is 5.57. The molecule has 1 heterocycles. The molecule has 30 heavy (non-hydrogen) atoms. The Morgan fingerprint density at radius 3 is 2.43 bits per heavy atom. The molecule has 0 spiro atoms. The highest BCUT2D eigenvalue weighted by Crippen LogP contribution is 2.39. The molecular formula is C27H33FOS. The summed E-state index contributed by atoms with van der Waals surface area (Å²) in [5.74, 6) is 1.25. The van der Waals surface area contributed by atoms with E-state index in [1.807, 2.05) is 12.1 Å². The lowest BCUT2D eigenvalue weighted by atomic mass is 9.77. The Labute approximate surface area is 184 Å². The second kappa shape index (κ2) is 9.60. The molecule has 3 heteroatoms. The van der Waals surface area contributed by atoms with E-state index in [0.717, 1.165) is 46.9 Å². The summed E-state index contributed by atoms with van der Waals surface area (Å²) in [4.78, 5) is 0. The van der Waals surface area contributed by atoms with Crippen molar-refractivity contribution in [2.45, 2.75) is 84.0 Å². The highest BCUT2D eigenvalue weighted by atomic mass is 32.1. The number of benzene rings is 2. The lowest BCUT2D eigenvalue weighted by Crippen LogP contribution is -2.12. The maximum atomic E-state index is 15.2. The molecule has 1 fully saturated rings. The predicted octanol–water partition coefficient (Wildman–Crippen LogP) is 9.26. The summed E-state index contributed by atoms with van der Waals surface area (Å²) in [6, 6.07) is 10.5. The number of unbranched alkanes of at least 4 members (excludes halogenated alkanes) is 3. The van der Waals surface area contributed by atoms with E-state index in [9.17, 15) is 0 Å². The minimum Gasteiger partial charge on any atom is -0.441 e. The molecule has 3 aromatic rings. The topological polar surface area (TPSA) is 13.1 Å². The van der Waals surface area contributed by atoms with Gasteiger partial charge in [-0.25, -0.2) is 4.39 Å². The van der Waals surface area contributed by atoms with Gasteiger partial charge in [0.1, 0.15) is 0 Å². The molecular weight excluding hydrogens is 391 g/mol. The van der Waals surface area contributed by atoms with Crippen LogP contribution in [-0.2, 0) is 6.42 Å². The molecule has 0 saturated heterocycles. The first-order chi connectivity index (χ1) is 14.6. The van der Waals surface area contributed by atoms with Gasteiger partial charge in [-0.15, -0.1) is 0 Å². The van der Waals surface area contributed by atoms with Crippen LogP contribution >= 0.6 is 12.2 Å². The zero-order valence-corrected chi connectivity index (χ0v) is 19.1. The van der Waals surface area contributed by atoms with Gasteiger partial charge < -0.3 is 4.42 Å². The smallest absolute Gasteiger partial charge is 0.198 e. The largest absolute Gasteiger partial charge is 0.441 e. The highest BCUT2D eigenvalue weighted by Gasteiger charge is 2.22. The minimum absolute atomic E-state index is 0.237. The molecule has 0 amide bonds. The van der Waals surface area contributed by atoms with Crippen LogP contribution in [0.25, 0.3) is 21.7 Å². The summed E-state index contributed by atoms with van der Waals surface area (Å²) < 4.78 is 21.5. The van der Waals surface area contributed by atoms with E-state index in [2.05, 4.69) is 32.0 Å². The summed E-state index contributed by atoms with van der Waals surface area (Å²) in [6.45, 7) is 4.49. The van der Waals surface area contributed by atoms with Crippen LogP contribution in [0.15, 0.2) is 34.7 Å². The van der Waals surface area contributed by atoms with E-state index in [1.54, 1.807) is 0 Å². The standard InChI is InChI=1S/C27H33FOS/c1-3-5-6-7-8-20-13-16-23-22-15-14-21(19-11-9-18(4-2)10-12-19)17-24(22)27(30)29-26(23)25(20)28/h13-19H,3-12H2,1-2H3. The molecule has 0 bridgehead atoms. The summed E-state index contributed by atoms with van der Waals surface area (Å²) in [5.41, 5.74) is 2.41. The Morgan fingerprint density at radius 1 is 0.933 bits per heavy atom. The zero-order chi connectivity index (χ0) is 21.1. The van der Waals surface area contributed by atoms with E-state index in [1.165, 1.54) is 50.5 Å². The van der Waals surface area contributed by atoms with Crippen LogP contribution in [0.4, 0.5) is 4.39 Å². The summed E-state index contributed by atoms with van der Waals surface area (Å²) in [7, 11) is 0. The Balaban J connectivity index is 1.66. The molecule has 4 rings (SSSR count). The Morgan fingerprint density at radius 2 is 1.70 bits per heavy atom. The fraction of sp³-hybridized carbons (Fsp3) is 0.519. The second-order valence-electron chi connectivity index (χ2n) is 9.05. The Kier molecular flexibility index (Phi) is 6.87. The third-order valence-corrected chi connectivity index (χ3v) is 7.42. The van der Waals surface area contributed by atoms with E-state index in [0.29, 0.717) is 16.2 Å². The van der Waals surface area contributed by atoms with E-state index in [4.69, 9.17) is 16.6 Å². The van der Waals surface area contributed by atoms with E-state index >= 15 is 4.39 Å². The molecule has 1 aliphatic rings. The van der Waals surface area contributed by atoms with Crippen LogP contribution in [0.5, 0.6) is 0 Å². The first-order valence-electron chi connectivity index (χ1n) is 11.8. The van der Waals surface area contributed by atoms with Crippen molar-refractivity contribution in [1.29, 1.82) is 0 Å². The molecule has 0 radical (unpaired) electrons. The second-order valence-corrected chi connectivity index (χ2v) is 9.42. The van der Waals surface area contributed by atoms with Gasteiger partial charge in [0.15, 0.2) is 16.1 Å².